The van der Waals surface area contributed by atoms with Crippen molar-refractivity contribution in [3.63, 3.8) is 0 Å². The Morgan fingerprint density at radius 1 is 1.17 bits per heavy atom. The fraction of sp³-hybridized carbons (Fsp3) is 0.833. The third-order valence-corrected chi connectivity index (χ3v) is 2.89. The molecule has 0 aliphatic carbocycles. The molecule has 0 aliphatic rings. The second kappa shape index (κ2) is 6.28. The Morgan fingerprint density at radius 2 is 1.75 bits per heavy atom. The summed E-state index contributed by atoms with van der Waals surface area (Å²) in [4.78, 5) is 0. The molecule has 0 bridgehead atoms. The lowest BCUT2D eigenvalue weighted by Crippen LogP contribution is -2.02. The summed E-state index contributed by atoms with van der Waals surface area (Å²) in [6.07, 6.45) is 5.26. The Morgan fingerprint density at radius 3 is 2.08 bits per heavy atom. The van der Waals surface area contributed by atoms with Crippen molar-refractivity contribution in [2.45, 2.75) is 53.4 Å². The number of hydrogen-bond acceptors (Lipinski definition) is 0. The van der Waals surface area contributed by atoms with Gasteiger partial charge in [-0.25, -0.2) is 0 Å². The van der Waals surface area contributed by atoms with E-state index in [1.165, 1.54) is 31.3 Å². The monoisotopic (exact) mass is 168 g/mol. The van der Waals surface area contributed by atoms with E-state index in [0.29, 0.717) is 0 Å². The molecule has 0 nitrogen and oxygen atoms in total. The van der Waals surface area contributed by atoms with Crippen molar-refractivity contribution < 1.29 is 0 Å². The maximum atomic E-state index is 4.03. The highest BCUT2D eigenvalue weighted by atomic mass is 14.1. The molecular formula is C12H24. The topological polar surface area (TPSA) is 0 Å². The SMILES string of the molecule is C=C(C)C(CC)CCC(C)CC. The first-order chi connectivity index (χ1) is 5.61. The predicted octanol–water partition coefficient (Wildman–Crippen LogP) is 4.42. The Balaban J connectivity index is 3.65. The van der Waals surface area contributed by atoms with Gasteiger partial charge in [-0.15, -0.1) is 0 Å². The van der Waals surface area contributed by atoms with Crippen LogP contribution in [0.1, 0.15) is 53.4 Å². The van der Waals surface area contributed by atoms with Gasteiger partial charge in [0.25, 0.3) is 0 Å². The lowest BCUT2D eigenvalue weighted by Gasteiger charge is -2.16. The molecule has 0 radical (unpaired) electrons. The largest absolute Gasteiger partial charge is 0.0999 e. The summed E-state index contributed by atoms with van der Waals surface area (Å²) in [5.74, 6) is 1.65. The highest BCUT2D eigenvalue weighted by Gasteiger charge is 2.08. The number of hydrogen-bond donors (Lipinski definition) is 0. The van der Waals surface area contributed by atoms with Gasteiger partial charge in [0.2, 0.25) is 0 Å². The van der Waals surface area contributed by atoms with Crippen LogP contribution in [0.3, 0.4) is 0 Å². The molecule has 0 aromatic carbocycles. The van der Waals surface area contributed by atoms with Crippen LogP contribution < -0.4 is 0 Å². The van der Waals surface area contributed by atoms with E-state index >= 15 is 0 Å². The molecule has 0 saturated carbocycles. The molecule has 2 atom stereocenters. The van der Waals surface area contributed by atoms with E-state index in [2.05, 4.69) is 34.3 Å². The molecule has 0 spiro atoms. The molecule has 0 saturated heterocycles. The van der Waals surface area contributed by atoms with E-state index in [1.54, 1.807) is 0 Å². The smallest absolute Gasteiger partial charge is 0.0211 e. The average Bonchev–Trinajstić information content (AvgIpc) is 2.04. The van der Waals surface area contributed by atoms with Gasteiger partial charge in [-0.1, -0.05) is 45.8 Å². The summed E-state index contributed by atoms with van der Waals surface area (Å²) in [6, 6.07) is 0. The van der Waals surface area contributed by atoms with Gasteiger partial charge in [0.15, 0.2) is 0 Å². The van der Waals surface area contributed by atoms with Crippen LogP contribution in [0, 0.1) is 11.8 Å². The predicted molar refractivity (Wildman–Crippen MR) is 57.3 cm³/mol. The Labute approximate surface area is 78.1 Å². The lowest BCUT2D eigenvalue weighted by molar-refractivity contribution is 0.429. The van der Waals surface area contributed by atoms with Crippen LogP contribution in [0.4, 0.5) is 0 Å². The highest BCUT2D eigenvalue weighted by Crippen LogP contribution is 2.22. The van der Waals surface area contributed by atoms with E-state index in [1.807, 2.05) is 0 Å². The van der Waals surface area contributed by atoms with E-state index in [4.69, 9.17) is 0 Å². The van der Waals surface area contributed by atoms with Crippen LogP contribution in [-0.4, -0.2) is 0 Å². The van der Waals surface area contributed by atoms with Gasteiger partial charge in [0, 0.05) is 0 Å². The maximum Gasteiger partial charge on any atom is -0.0211 e. The van der Waals surface area contributed by atoms with Gasteiger partial charge < -0.3 is 0 Å². The minimum absolute atomic E-state index is 0.763. The maximum absolute atomic E-state index is 4.03. The van der Waals surface area contributed by atoms with Crippen molar-refractivity contribution in [1.29, 1.82) is 0 Å². The molecule has 0 aromatic heterocycles. The molecule has 72 valence electrons. The van der Waals surface area contributed by atoms with Gasteiger partial charge in [0.05, 0.1) is 0 Å². The van der Waals surface area contributed by atoms with Gasteiger partial charge >= 0.3 is 0 Å². The zero-order valence-corrected chi connectivity index (χ0v) is 9.19. The summed E-state index contributed by atoms with van der Waals surface area (Å²) in [5.41, 5.74) is 1.36. The van der Waals surface area contributed by atoms with Gasteiger partial charge in [-0.2, -0.15) is 0 Å². The van der Waals surface area contributed by atoms with Crippen molar-refractivity contribution in [3.05, 3.63) is 12.2 Å². The van der Waals surface area contributed by atoms with Crippen LogP contribution in [0.5, 0.6) is 0 Å². The van der Waals surface area contributed by atoms with Crippen LogP contribution in [-0.2, 0) is 0 Å². The zero-order valence-electron chi connectivity index (χ0n) is 9.19. The molecule has 12 heavy (non-hydrogen) atoms. The third kappa shape index (κ3) is 4.58. The van der Waals surface area contributed by atoms with E-state index in [-0.39, 0.29) is 0 Å². The standard InChI is InChI=1S/C12H24/c1-6-11(5)8-9-12(7-2)10(3)4/h11-12H,3,6-9H2,1-2,4-5H3. The van der Waals surface area contributed by atoms with E-state index in [0.717, 1.165) is 11.8 Å². The molecule has 2 unspecified atom stereocenters. The molecule has 0 rings (SSSR count). The third-order valence-electron chi connectivity index (χ3n) is 2.89. The van der Waals surface area contributed by atoms with Crippen LogP contribution in [0.2, 0.25) is 0 Å². The van der Waals surface area contributed by atoms with Gasteiger partial charge in [-0.3, -0.25) is 0 Å². The molecule has 0 N–H and O–H groups in total. The summed E-state index contributed by atoms with van der Waals surface area (Å²) in [7, 11) is 0. The number of allylic oxidation sites excluding steroid dienone is 1. The molecule has 0 amide bonds. The Bertz CT molecular complexity index is 124. The summed E-state index contributed by atoms with van der Waals surface area (Å²) < 4.78 is 0. The lowest BCUT2D eigenvalue weighted by atomic mass is 9.89. The van der Waals surface area contributed by atoms with Crippen LogP contribution in [0.25, 0.3) is 0 Å². The van der Waals surface area contributed by atoms with Crippen LogP contribution >= 0.6 is 0 Å². The normalized spacial score (nSPS) is 15.7. The quantitative estimate of drug-likeness (QED) is 0.515. The fourth-order valence-electron chi connectivity index (χ4n) is 1.49. The van der Waals surface area contributed by atoms with Crippen molar-refractivity contribution >= 4 is 0 Å². The van der Waals surface area contributed by atoms with E-state index in [9.17, 15) is 0 Å². The first kappa shape index (κ1) is 11.7. The fourth-order valence-corrected chi connectivity index (χ4v) is 1.49. The molecular weight excluding hydrogens is 144 g/mol. The zero-order chi connectivity index (χ0) is 9.56. The second-order valence-electron chi connectivity index (χ2n) is 4.04. The molecule has 0 aliphatic heterocycles. The van der Waals surface area contributed by atoms with Crippen molar-refractivity contribution in [3.8, 4) is 0 Å². The highest BCUT2D eigenvalue weighted by molar-refractivity contribution is 4.95. The van der Waals surface area contributed by atoms with E-state index < -0.39 is 0 Å². The minimum atomic E-state index is 0.763. The molecule has 0 fully saturated rings. The van der Waals surface area contributed by atoms with Crippen molar-refractivity contribution in [2.75, 3.05) is 0 Å². The first-order valence-electron chi connectivity index (χ1n) is 5.27. The number of rotatable bonds is 6. The second-order valence-corrected chi connectivity index (χ2v) is 4.04. The minimum Gasteiger partial charge on any atom is -0.0999 e. The molecule has 0 aromatic rings. The first-order valence-corrected chi connectivity index (χ1v) is 5.27. The molecule has 0 heterocycles. The molecule has 0 heteroatoms. The van der Waals surface area contributed by atoms with Gasteiger partial charge in [0.1, 0.15) is 0 Å². The average molecular weight is 168 g/mol. The van der Waals surface area contributed by atoms with Crippen LogP contribution in [0.15, 0.2) is 12.2 Å². The van der Waals surface area contributed by atoms with Gasteiger partial charge in [-0.05, 0) is 31.6 Å². The Kier molecular flexibility index (Phi) is 6.14. The summed E-state index contributed by atoms with van der Waals surface area (Å²) >= 11 is 0. The summed E-state index contributed by atoms with van der Waals surface area (Å²) in [5, 5.41) is 0. The van der Waals surface area contributed by atoms with Crippen molar-refractivity contribution in [1.82, 2.24) is 0 Å². The Hall–Kier alpha value is -0.260. The summed E-state index contributed by atoms with van der Waals surface area (Å²) in [6.45, 7) is 13.1. The van der Waals surface area contributed by atoms with Crippen molar-refractivity contribution in [2.24, 2.45) is 11.8 Å².